The van der Waals surface area contributed by atoms with E-state index in [0.29, 0.717) is 38.5 Å². The molecule has 1 aromatic heterocycles. The van der Waals surface area contributed by atoms with E-state index in [0.717, 1.165) is 5.56 Å². The van der Waals surface area contributed by atoms with Gasteiger partial charge in [0.25, 0.3) is 11.8 Å². The molecule has 0 radical (unpaired) electrons. The van der Waals surface area contributed by atoms with Crippen LogP contribution in [0.3, 0.4) is 0 Å². The van der Waals surface area contributed by atoms with Crippen LogP contribution in [-0.2, 0) is 14.3 Å². The lowest BCUT2D eigenvalue weighted by Gasteiger charge is -2.34. The highest BCUT2D eigenvalue weighted by Gasteiger charge is 2.26. The van der Waals surface area contributed by atoms with E-state index in [1.54, 1.807) is 28.0 Å². The molecular formula is C22H24N2O6. The summed E-state index contributed by atoms with van der Waals surface area (Å²) in [6.45, 7) is 3.60. The Morgan fingerprint density at radius 2 is 1.77 bits per heavy atom. The number of rotatable bonds is 7. The molecule has 3 rings (SSSR count). The summed E-state index contributed by atoms with van der Waals surface area (Å²) in [5, 5.41) is 0. The van der Waals surface area contributed by atoms with Crippen molar-refractivity contribution in [2.75, 3.05) is 39.4 Å². The number of carbonyl (C=O) groups excluding carboxylic acids is 3. The van der Waals surface area contributed by atoms with Gasteiger partial charge in [0.15, 0.2) is 12.4 Å². The van der Waals surface area contributed by atoms with Gasteiger partial charge in [0.05, 0.1) is 12.9 Å². The lowest BCUT2D eigenvalue weighted by molar-refractivity contribution is -0.148. The van der Waals surface area contributed by atoms with Gasteiger partial charge < -0.3 is 23.7 Å². The van der Waals surface area contributed by atoms with Crippen molar-refractivity contribution < 1.29 is 28.3 Å². The first-order chi connectivity index (χ1) is 14.6. The number of nitrogens with zero attached hydrogens (tertiary/aromatic N) is 2. The van der Waals surface area contributed by atoms with Gasteiger partial charge in [-0.05, 0) is 31.2 Å². The number of para-hydroxylation sites is 1. The zero-order valence-electron chi connectivity index (χ0n) is 16.8. The summed E-state index contributed by atoms with van der Waals surface area (Å²) in [6, 6.07) is 10.6. The first-order valence-electron chi connectivity index (χ1n) is 9.75. The summed E-state index contributed by atoms with van der Waals surface area (Å²) in [4.78, 5) is 39.7. The van der Waals surface area contributed by atoms with Crippen molar-refractivity contribution in [3.63, 3.8) is 0 Å². The molecule has 1 saturated heterocycles. The van der Waals surface area contributed by atoms with E-state index in [-0.39, 0.29) is 24.2 Å². The van der Waals surface area contributed by atoms with E-state index in [4.69, 9.17) is 13.9 Å². The van der Waals surface area contributed by atoms with E-state index in [9.17, 15) is 14.4 Å². The van der Waals surface area contributed by atoms with Crippen LogP contribution in [0.2, 0.25) is 0 Å². The Labute approximate surface area is 174 Å². The Bertz CT molecular complexity index is 898. The normalized spacial score (nSPS) is 14.0. The summed E-state index contributed by atoms with van der Waals surface area (Å²) in [6.07, 6.45) is 4.31. The molecule has 1 fully saturated rings. The summed E-state index contributed by atoms with van der Waals surface area (Å²) < 4.78 is 15.7. The third kappa shape index (κ3) is 5.50. The van der Waals surface area contributed by atoms with Crippen LogP contribution in [0.5, 0.6) is 5.75 Å². The van der Waals surface area contributed by atoms with Gasteiger partial charge >= 0.3 is 5.97 Å². The fourth-order valence-electron chi connectivity index (χ4n) is 3.05. The van der Waals surface area contributed by atoms with Crippen molar-refractivity contribution in [1.29, 1.82) is 0 Å². The Morgan fingerprint density at radius 1 is 1.03 bits per heavy atom. The molecule has 1 aromatic carbocycles. The van der Waals surface area contributed by atoms with Gasteiger partial charge in [-0.15, -0.1) is 0 Å². The van der Waals surface area contributed by atoms with Gasteiger partial charge in [-0.25, -0.2) is 4.79 Å². The monoisotopic (exact) mass is 412 g/mol. The van der Waals surface area contributed by atoms with Crippen LogP contribution >= 0.6 is 0 Å². The fraction of sp³-hybridized carbons (Fsp3) is 0.318. The maximum atomic E-state index is 12.3. The summed E-state index contributed by atoms with van der Waals surface area (Å²) in [5.41, 5.74) is 0.750. The van der Waals surface area contributed by atoms with Crippen LogP contribution in [0.4, 0.5) is 0 Å². The molecule has 0 bridgehead atoms. The molecule has 2 aromatic rings. The van der Waals surface area contributed by atoms with Crippen molar-refractivity contribution in [2.45, 2.75) is 6.92 Å². The fourth-order valence-corrected chi connectivity index (χ4v) is 3.05. The summed E-state index contributed by atoms with van der Waals surface area (Å²) >= 11 is 0. The summed E-state index contributed by atoms with van der Waals surface area (Å²) in [7, 11) is 0. The van der Waals surface area contributed by atoms with E-state index in [2.05, 4.69) is 0 Å². The number of carbonyl (C=O) groups is 3. The number of amides is 2. The van der Waals surface area contributed by atoms with Crippen molar-refractivity contribution in [2.24, 2.45) is 0 Å². The predicted molar refractivity (Wildman–Crippen MR) is 109 cm³/mol. The molecule has 30 heavy (non-hydrogen) atoms. The van der Waals surface area contributed by atoms with Crippen LogP contribution in [0.25, 0.3) is 6.08 Å². The molecule has 0 saturated carbocycles. The van der Waals surface area contributed by atoms with E-state index < -0.39 is 5.97 Å². The average Bonchev–Trinajstić information content (AvgIpc) is 3.31. The molecule has 2 amide bonds. The second-order valence-electron chi connectivity index (χ2n) is 6.56. The molecule has 158 valence electrons. The van der Waals surface area contributed by atoms with Crippen molar-refractivity contribution >= 4 is 23.9 Å². The van der Waals surface area contributed by atoms with Crippen LogP contribution in [-0.4, -0.2) is 67.0 Å². The molecule has 1 aliphatic rings. The van der Waals surface area contributed by atoms with Gasteiger partial charge in [0.2, 0.25) is 0 Å². The molecular weight excluding hydrogens is 388 g/mol. The third-order valence-corrected chi connectivity index (χ3v) is 4.61. The Hall–Kier alpha value is -3.55. The predicted octanol–water partition coefficient (Wildman–Crippen LogP) is 2.22. The SMILES string of the molecule is CCOc1ccccc1/C=C/C(=O)OCC(=O)N1CCN(C(=O)c2ccco2)CC1. The molecule has 0 spiro atoms. The molecule has 0 N–H and O–H groups in total. The van der Waals surface area contributed by atoms with Crippen LogP contribution < -0.4 is 4.74 Å². The Kier molecular flexibility index (Phi) is 7.26. The first-order valence-corrected chi connectivity index (χ1v) is 9.75. The van der Waals surface area contributed by atoms with Crippen LogP contribution in [0.1, 0.15) is 23.0 Å². The number of piperazine rings is 1. The lowest BCUT2D eigenvalue weighted by Crippen LogP contribution is -2.51. The zero-order chi connectivity index (χ0) is 21.3. The molecule has 8 nitrogen and oxygen atoms in total. The largest absolute Gasteiger partial charge is 0.493 e. The standard InChI is InChI=1S/C22H24N2O6/c1-2-28-18-7-4-3-6-17(18)9-10-21(26)30-16-20(25)23-11-13-24(14-12-23)22(27)19-8-5-15-29-19/h3-10,15H,2,11-14,16H2,1H3/b10-9+. The number of benzene rings is 1. The minimum Gasteiger partial charge on any atom is -0.493 e. The van der Waals surface area contributed by atoms with Gasteiger partial charge in [0, 0.05) is 37.8 Å². The second kappa shape index (κ2) is 10.3. The van der Waals surface area contributed by atoms with Crippen molar-refractivity contribution in [3.8, 4) is 5.75 Å². The maximum absolute atomic E-state index is 12.3. The summed E-state index contributed by atoms with van der Waals surface area (Å²) in [5.74, 6) is -0.155. The number of hydrogen-bond acceptors (Lipinski definition) is 6. The van der Waals surface area contributed by atoms with Crippen LogP contribution in [0.15, 0.2) is 53.2 Å². The number of hydrogen-bond donors (Lipinski definition) is 0. The van der Waals surface area contributed by atoms with E-state index in [1.807, 2.05) is 31.2 Å². The van der Waals surface area contributed by atoms with Gasteiger partial charge in [0.1, 0.15) is 5.75 Å². The van der Waals surface area contributed by atoms with E-state index >= 15 is 0 Å². The topological polar surface area (TPSA) is 89.3 Å². The number of furan rings is 1. The first kappa shape index (κ1) is 21.2. The number of ether oxygens (including phenoxy) is 2. The Morgan fingerprint density at radius 3 is 2.47 bits per heavy atom. The molecule has 0 atom stereocenters. The van der Waals surface area contributed by atoms with Crippen molar-refractivity contribution in [1.82, 2.24) is 9.80 Å². The van der Waals surface area contributed by atoms with E-state index in [1.165, 1.54) is 12.3 Å². The highest BCUT2D eigenvalue weighted by Crippen LogP contribution is 2.19. The Balaban J connectivity index is 1.43. The number of esters is 1. The third-order valence-electron chi connectivity index (χ3n) is 4.61. The van der Waals surface area contributed by atoms with Gasteiger partial charge in [-0.3, -0.25) is 9.59 Å². The molecule has 8 heteroatoms. The molecule has 0 aliphatic carbocycles. The maximum Gasteiger partial charge on any atom is 0.331 e. The molecule has 2 heterocycles. The molecule has 1 aliphatic heterocycles. The average molecular weight is 412 g/mol. The zero-order valence-corrected chi connectivity index (χ0v) is 16.8. The smallest absolute Gasteiger partial charge is 0.331 e. The quantitative estimate of drug-likeness (QED) is 0.512. The van der Waals surface area contributed by atoms with Gasteiger partial charge in [-0.2, -0.15) is 0 Å². The highest BCUT2D eigenvalue weighted by molar-refractivity contribution is 5.92. The molecule has 0 unspecified atom stereocenters. The van der Waals surface area contributed by atoms with Crippen molar-refractivity contribution in [3.05, 3.63) is 60.1 Å². The highest BCUT2D eigenvalue weighted by atomic mass is 16.5. The minimum atomic E-state index is -0.610. The van der Waals surface area contributed by atoms with Crippen LogP contribution in [0, 0.1) is 0 Å². The lowest BCUT2D eigenvalue weighted by atomic mass is 10.2. The van der Waals surface area contributed by atoms with Gasteiger partial charge in [-0.1, -0.05) is 18.2 Å². The minimum absolute atomic E-state index is 0.198. The second-order valence-corrected chi connectivity index (χ2v) is 6.56.